The summed E-state index contributed by atoms with van der Waals surface area (Å²) in [5, 5.41) is 2.64. The number of halogens is 1. The molecule has 1 amide bonds. The zero-order valence-electron chi connectivity index (χ0n) is 6.30. The van der Waals surface area contributed by atoms with Crippen LogP contribution in [0.15, 0.2) is 35.3 Å². The van der Waals surface area contributed by atoms with Gasteiger partial charge in [-0.2, -0.15) is 0 Å². The highest BCUT2D eigenvalue weighted by Crippen LogP contribution is 2.08. The maximum atomic E-state index is 11.0. The number of hydrogen-bond donors (Lipinski definition) is 1. The second-order valence-electron chi connectivity index (χ2n) is 2.15. The van der Waals surface area contributed by atoms with Crippen molar-refractivity contribution in [2.75, 3.05) is 5.32 Å². The molecule has 1 rings (SSSR count). The van der Waals surface area contributed by atoms with Crippen LogP contribution < -0.4 is 5.32 Å². The highest BCUT2D eigenvalue weighted by molar-refractivity contribution is 9.12. The molecule has 0 aliphatic heterocycles. The lowest BCUT2D eigenvalue weighted by atomic mass is 10.3. The number of amides is 1. The van der Waals surface area contributed by atoms with Gasteiger partial charge in [0.05, 0.1) is 4.48 Å². The minimum atomic E-state index is -0.235. The highest BCUT2D eigenvalue weighted by atomic mass is 79.9. The van der Waals surface area contributed by atoms with Gasteiger partial charge in [-0.15, -0.1) is 0 Å². The van der Waals surface area contributed by atoms with Crippen molar-refractivity contribution in [3.8, 4) is 0 Å². The summed E-state index contributed by atoms with van der Waals surface area (Å²) < 4.78 is 0.315. The van der Waals surface area contributed by atoms with Crippen molar-refractivity contribution >= 4 is 27.5 Å². The number of carbonyl (C=O) groups excluding carboxylic acids is 1. The van der Waals surface area contributed by atoms with Crippen LogP contribution in [-0.4, -0.2) is 5.91 Å². The van der Waals surface area contributed by atoms with E-state index in [4.69, 9.17) is 0 Å². The molecule has 3 heteroatoms. The van der Waals surface area contributed by atoms with Gasteiger partial charge in [0, 0.05) is 5.69 Å². The van der Waals surface area contributed by atoms with E-state index in [0.29, 0.717) is 4.48 Å². The first-order valence-corrected chi connectivity index (χ1v) is 4.11. The Balaban J connectivity index is 2.65. The van der Waals surface area contributed by atoms with Crippen LogP contribution in [0.3, 0.4) is 0 Å². The van der Waals surface area contributed by atoms with E-state index >= 15 is 0 Å². The summed E-state index contributed by atoms with van der Waals surface area (Å²) in [6.45, 7) is 3.45. The predicted octanol–water partition coefficient (Wildman–Crippen LogP) is 2.33. The fraction of sp³-hybridized carbons (Fsp3) is 0. The van der Waals surface area contributed by atoms with Crippen LogP contribution in [0.1, 0.15) is 0 Å². The highest BCUT2D eigenvalue weighted by Gasteiger charge is 2.01. The number of anilines is 1. The molecule has 0 unspecified atom stereocenters. The van der Waals surface area contributed by atoms with E-state index in [1.165, 1.54) is 0 Å². The lowest BCUT2D eigenvalue weighted by molar-refractivity contribution is -0.112. The topological polar surface area (TPSA) is 29.1 Å². The van der Waals surface area contributed by atoms with E-state index in [9.17, 15) is 4.79 Å². The molecule has 12 heavy (non-hydrogen) atoms. The third kappa shape index (κ3) is 2.51. The van der Waals surface area contributed by atoms with Gasteiger partial charge in [-0.1, -0.05) is 18.7 Å². The monoisotopic (exact) mass is 224 g/mol. The largest absolute Gasteiger partial charge is 0.322 e. The Morgan fingerprint density at radius 2 is 2.08 bits per heavy atom. The molecule has 0 atom stereocenters. The normalized spacial score (nSPS) is 9.08. The molecule has 0 spiro atoms. The summed E-state index contributed by atoms with van der Waals surface area (Å²) in [6.07, 6.45) is 0. The number of nitrogens with one attached hydrogen (secondary N) is 1. The third-order valence-electron chi connectivity index (χ3n) is 1.22. The Kier molecular flexibility index (Phi) is 3.05. The first kappa shape index (κ1) is 9.00. The predicted molar refractivity (Wildman–Crippen MR) is 52.0 cm³/mol. The molecule has 1 aromatic carbocycles. The molecule has 0 fully saturated rings. The molecule has 0 aliphatic carbocycles. The van der Waals surface area contributed by atoms with E-state index in [1.54, 1.807) is 24.3 Å². The fourth-order valence-electron chi connectivity index (χ4n) is 0.669. The van der Waals surface area contributed by atoms with Crippen molar-refractivity contribution in [2.24, 2.45) is 0 Å². The summed E-state index contributed by atoms with van der Waals surface area (Å²) in [4.78, 5) is 11.0. The molecule has 1 radical (unpaired) electrons. The molecule has 0 aliphatic rings. The van der Waals surface area contributed by atoms with Crippen molar-refractivity contribution in [3.63, 3.8) is 0 Å². The summed E-state index contributed by atoms with van der Waals surface area (Å²) in [7, 11) is 0. The smallest absolute Gasteiger partial charge is 0.262 e. The molecule has 1 N–H and O–H groups in total. The minimum absolute atomic E-state index is 0.235. The maximum absolute atomic E-state index is 11.0. The molecule has 2 nitrogen and oxygen atoms in total. The molecule has 0 saturated heterocycles. The van der Waals surface area contributed by atoms with E-state index in [0.717, 1.165) is 5.69 Å². The Bertz CT molecular complexity index is 295. The Hall–Kier alpha value is -1.09. The van der Waals surface area contributed by atoms with Crippen molar-refractivity contribution in [2.45, 2.75) is 0 Å². The van der Waals surface area contributed by atoms with Crippen molar-refractivity contribution < 1.29 is 4.79 Å². The second-order valence-corrected chi connectivity index (χ2v) is 3.10. The number of rotatable bonds is 2. The van der Waals surface area contributed by atoms with Gasteiger partial charge in [0.1, 0.15) is 0 Å². The SMILES string of the molecule is C=C(Br)C(=O)Nc1cc[c]cc1. The third-order valence-corrected chi connectivity index (χ3v) is 1.58. The average Bonchev–Trinajstić information content (AvgIpc) is 2.06. The van der Waals surface area contributed by atoms with Crippen LogP contribution in [0.25, 0.3) is 0 Å². The second kappa shape index (κ2) is 4.07. The molecular weight excluding hydrogens is 218 g/mol. The first-order valence-electron chi connectivity index (χ1n) is 3.32. The van der Waals surface area contributed by atoms with E-state index in [1.807, 2.05) is 0 Å². The van der Waals surface area contributed by atoms with Crippen molar-refractivity contribution in [3.05, 3.63) is 41.4 Å². The van der Waals surface area contributed by atoms with Gasteiger partial charge in [0.2, 0.25) is 0 Å². The number of benzene rings is 1. The number of carbonyl (C=O) groups is 1. The summed E-state index contributed by atoms with van der Waals surface area (Å²) in [5.74, 6) is -0.235. The molecule has 0 heterocycles. The summed E-state index contributed by atoms with van der Waals surface area (Å²) >= 11 is 2.98. The molecule has 0 saturated carbocycles. The van der Waals surface area contributed by atoms with Crippen LogP contribution in [-0.2, 0) is 4.79 Å². The van der Waals surface area contributed by atoms with Crippen LogP contribution in [0.5, 0.6) is 0 Å². The van der Waals surface area contributed by atoms with Gasteiger partial charge in [0.15, 0.2) is 0 Å². The average molecular weight is 225 g/mol. The van der Waals surface area contributed by atoms with Crippen LogP contribution in [0.4, 0.5) is 5.69 Å². The lowest BCUT2D eigenvalue weighted by Gasteiger charge is -2.01. The van der Waals surface area contributed by atoms with Crippen molar-refractivity contribution in [1.29, 1.82) is 0 Å². The standard InChI is InChI=1S/C9H7BrNO/c1-7(10)9(12)11-8-5-3-2-4-6-8/h3-6H,1H2,(H,11,12). The zero-order valence-corrected chi connectivity index (χ0v) is 7.89. The first-order chi connectivity index (χ1) is 5.70. The van der Waals surface area contributed by atoms with Gasteiger partial charge < -0.3 is 5.32 Å². The summed E-state index contributed by atoms with van der Waals surface area (Å²) in [6, 6.07) is 9.82. The summed E-state index contributed by atoms with van der Waals surface area (Å²) in [5.41, 5.74) is 0.736. The van der Waals surface area contributed by atoms with Crippen molar-refractivity contribution in [1.82, 2.24) is 0 Å². The fourth-order valence-corrected chi connectivity index (χ4v) is 0.768. The maximum Gasteiger partial charge on any atom is 0.262 e. The number of hydrogen-bond acceptors (Lipinski definition) is 1. The van der Waals surface area contributed by atoms with E-state index in [-0.39, 0.29) is 5.91 Å². The van der Waals surface area contributed by atoms with Gasteiger partial charge in [-0.25, -0.2) is 0 Å². The zero-order chi connectivity index (χ0) is 8.97. The Morgan fingerprint density at radius 1 is 1.50 bits per heavy atom. The van der Waals surface area contributed by atoms with E-state index in [2.05, 4.69) is 33.9 Å². The van der Waals surface area contributed by atoms with Gasteiger partial charge in [-0.05, 0) is 34.1 Å². The molecule has 0 bridgehead atoms. The minimum Gasteiger partial charge on any atom is -0.322 e. The lowest BCUT2D eigenvalue weighted by Crippen LogP contribution is -2.09. The molecule has 0 aromatic heterocycles. The van der Waals surface area contributed by atoms with Gasteiger partial charge in [-0.3, -0.25) is 4.79 Å². The van der Waals surface area contributed by atoms with Crippen LogP contribution >= 0.6 is 15.9 Å². The van der Waals surface area contributed by atoms with Crippen LogP contribution in [0, 0.1) is 6.07 Å². The Labute approximate surface area is 79.4 Å². The quantitative estimate of drug-likeness (QED) is 0.769. The van der Waals surface area contributed by atoms with Gasteiger partial charge in [0.25, 0.3) is 5.91 Å². The Morgan fingerprint density at radius 3 is 2.58 bits per heavy atom. The molecule has 61 valence electrons. The molecule has 1 aromatic rings. The van der Waals surface area contributed by atoms with Crippen LogP contribution in [0.2, 0.25) is 0 Å². The molecular formula is C9H7BrNO. The van der Waals surface area contributed by atoms with E-state index < -0.39 is 0 Å². The van der Waals surface area contributed by atoms with Gasteiger partial charge >= 0.3 is 0 Å².